The molecule has 0 saturated carbocycles. The Labute approximate surface area is 120 Å². The van der Waals surface area contributed by atoms with Crippen LogP contribution in [0.2, 0.25) is 5.02 Å². The van der Waals surface area contributed by atoms with Gasteiger partial charge in [-0.05, 0) is 47.0 Å². The van der Waals surface area contributed by atoms with Crippen LogP contribution in [0.25, 0.3) is 0 Å². The minimum absolute atomic E-state index is 0.0794. The fraction of sp³-hybridized carbons (Fsp3) is 0.455. The van der Waals surface area contributed by atoms with Crippen LogP contribution in [0.5, 0.6) is 0 Å². The van der Waals surface area contributed by atoms with E-state index in [1.807, 2.05) is 0 Å². The van der Waals surface area contributed by atoms with Gasteiger partial charge in [0.25, 0.3) is 0 Å². The summed E-state index contributed by atoms with van der Waals surface area (Å²) in [6.45, 7) is 0.902. The molecule has 1 aromatic rings. The minimum Gasteiger partial charge on any atom is -0.327 e. The summed E-state index contributed by atoms with van der Waals surface area (Å²) in [5.41, 5.74) is 5.82. The SMILES string of the molecule is NC1CCCN(S(=O)(=O)c2ccc(Cl)c(Br)c2)C1. The topological polar surface area (TPSA) is 63.4 Å². The predicted octanol–water partition coefficient (Wildman–Crippen LogP) is 2.21. The Balaban J connectivity index is 2.32. The lowest BCUT2D eigenvalue weighted by molar-refractivity contribution is 0.316. The second kappa shape index (κ2) is 5.46. The molecule has 1 heterocycles. The number of sulfonamides is 1. The van der Waals surface area contributed by atoms with Crippen molar-refractivity contribution in [2.45, 2.75) is 23.8 Å². The molecular weight excluding hydrogens is 340 g/mol. The molecule has 1 unspecified atom stereocenters. The van der Waals surface area contributed by atoms with Gasteiger partial charge in [0.15, 0.2) is 0 Å². The Morgan fingerprint density at radius 3 is 2.78 bits per heavy atom. The van der Waals surface area contributed by atoms with Gasteiger partial charge in [-0.25, -0.2) is 8.42 Å². The van der Waals surface area contributed by atoms with Crippen molar-refractivity contribution < 1.29 is 8.42 Å². The molecule has 1 aromatic carbocycles. The molecule has 1 fully saturated rings. The molecule has 0 amide bonds. The zero-order chi connectivity index (χ0) is 13.3. The first-order chi connectivity index (χ1) is 8.41. The van der Waals surface area contributed by atoms with E-state index in [4.69, 9.17) is 17.3 Å². The van der Waals surface area contributed by atoms with E-state index >= 15 is 0 Å². The fourth-order valence-corrected chi connectivity index (χ4v) is 4.19. The zero-order valence-corrected chi connectivity index (χ0v) is 12.8. The third-order valence-corrected chi connectivity index (χ3v) is 6.02. The van der Waals surface area contributed by atoms with Gasteiger partial charge in [-0.15, -0.1) is 0 Å². The van der Waals surface area contributed by atoms with Crippen molar-refractivity contribution in [1.29, 1.82) is 0 Å². The van der Waals surface area contributed by atoms with E-state index in [0.29, 0.717) is 22.6 Å². The Bertz CT molecular complexity index is 550. The standard InChI is InChI=1S/C11H14BrClN2O2S/c12-10-6-9(3-4-11(10)13)18(16,17)15-5-1-2-8(14)7-15/h3-4,6,8H,1-2,5,7,14H2. The van der Waals surface area contributed by atoms with Crippen LogP contribution in [0, 0.1) is 0 Å². The molecule has 1 saturated heterocycles. The lowest BCUT2D eigenvalue weighted by Crippen LogP contribution is -2.45. The van der Waals surface area contributed by atoms with Crippen LogP contribution in [0.15, 0.2) is 27.6 Å². The van der Waals surface area contributed by atoms with Crippen LogP contribution in [-0.2, 0) is 10.0 Å². The maximum atomic E-state index is 12.4. The van der Waals surface area contributed by atoms with Gasteiger partial charge < -0.3 is 5.73 Å². The second-order valence-electron chi connectivity index (χ2n) is 4.34. The molecule has 2 rings (SSSR count). The van der Waals surface area contributed by atoms with Crippen LogP contribution in [0.1, 0.15) is 12.8 Å². The molecule has 0 aliphatic carbocycles. The molecular formula is C11H14BrClN2O2S. The molecule has 1 aliphatic heterocycles. The molecule has 18 heavy (non-hydrogen) atoms. The summed E-state index contributed by atoms with van der Waals surface area (Å²) in [4.78, 5) is 0.243. The number of hydrogen-bond acceptors (Lipinski definition) is 3. The molecule has 4 nitrogen and oxygen atoms in total. The lowest BCUT2D eigenvalue weighted by Gasteiger charge is -2.29. The molecule has 100 valence electrons. The normalized spacial score (nSPS) is 22.1. The Morgan fingerprint density at radius 1 is 1.44 bits per heavy atom. The number of hydrogen-bond donors (Lipinski definition) is 1. The largest absolute Gasteiger partial charge is 0.327 e. The molecule has 0 spiro atoms. The molecule has 0 radical (unpaired) electrons. The summed E-state index contributed by atoms with van der Waals surface area (Å²) in [6, 6.07) is 4.53. The van der Waals surface area contributed by atoms with E-state index < -0.39 is 10.0 Å². The monoisotopic (exact) mass is 352 g/mol. The highest BCUT2D eigenvalue weighted by Gasteiger charge is 2.29. The van der Waals surface area contributed by atoms with Gasteiger partial charge >= 0.3 is 0 Å². The first kappa shape index (κ1) is 14.3. The second-order valence-corrected chi connectivity index (χ2v) is 7.54. The van der Waals surface area contributed by atoms with E-state index in [9.17, 15) is 8.42 Å². The first-order valence-electron chi connectivity index (χ1n) is 5.62. The van der Waals surface area contributed by atoms with Crippen LogP contribution in [0.3, 0.4) is 0 Å². The highest BCUT2D eigenvalue weighted by atomic mass is 79.9. The maximum absolute atomic E-state index is 12.4. The van der Waals surface area contributed by atoms with E-state index in [0.717, 1.165) is 12.8 Å². The van der Waals surface area contributed by atoms with Crippen molar-refractivity contribution in [3.63, 3.8) is 0 Å². The van der Waals surface area contributed by atoms with E-state index in [1.54, 1.807) is 6.07 Å². The van der Waals surface area contributed by atoms with Crippen LogP contribution in [0.4, 0.5) is 0 Å². The van der Waals surface area contributed by atoms with Gasteiger partial charge in [-0.2, -0.15) is 4.31 Å². The number of piperidine rings is 1. The summed E-state index contributed by atoms with van der Waals surface area (Å²) < 4.78 is 26.8. The van der Waals surface area contributed by atoms with Crippen LogP contribution in [-0.4, -0.2) is 31.9 Å². The zero-order valence-electron chi connectivity index (χ0n) is 9.64. The van der Waals surface area contributed by atoms with E-state index in [1.165, 1.54) is 16.4 Å². The highest BCUT2D eigenvalue weighted by Crippen LogP contribution is 2.27. The Morgan fingerprint density at radius 2 is 2.17 bits per heavy atom. The van der Waals surface area contributed by atoms with Crippen molar-refractivity contribution in [2.24, 2.45) is 5.73 Å². The molecule has 0 aromatic heterocycles. The van der Waals surface area contributed by atoms with Gasteiger partial charge in [-0.3, -0.25) is 0 Å². The summed E-state index contributed by atoms with van der Waals surface area (Å²) in [7, 11) is -3.47. The van der Waals surface area contributed by atoms with E-state index in [2.05, 4.69) is 15.9 Å². The van der Waals surface area contributed by atoms with Gasteiger partial charge in [0.05, 0.1) is 9.92 Å². The van der Waals surface area contributed by atoms with Gasteiger partial charge in [0.2, 0.25) is 10.0 Å². The highest BCUT2D eigenvalue weighted by molar-refractivity contribution is 9.10. The Kier molecular flexibility index (Phi) is 4.33. The first-order valence-corrected chi connectivity index (χ1v) is 8.23. The van der Waals surface area contributed by atoms with Gasteiger partial charge in [-0.1, -0.05) is 11.6 Å². The smallest absolute Gasteiger partial charge is 0.243 e. The number of halogens is 2. The summed E-state index contributed by atoms with van der Waals surface area (Å²) >= 11 is 9.10. The van der Waals surface area contributed by atoms with Gasteiger partial charge in [0, 0.05) is 23.6 Å². The van der Waals surface area contributed by atoms with Crippen molar-refractivity contribution in [2.75, 3.05) is 13.1 Å². The quantitative estimate of drug-likeness (QED) is 0.886. The summed E-state index contributed by atoms with van der Waals surface area (Å²) in [6.07, 6.45) is 1.67. The third-order valence-electron chi connectivity index (χ3n) is 2.95. The van der Waals surface area contributed by atoms with Crippen molar-refractivity contribution in [3.8, 4) is 0 Å². The summed E-state index contributed by atoms with van der Waals surface area (Å²) in [5.74, 6) is 0. The lowest BCUT2D eigenvalue weighted by atomic mass is 10.1. The molecule has 1 aliphatic rings. The maximum Gasteiger partial charge on any atom is 0.243 e. The number of rotatable bonds is 2. The van der Waals surface area contributed by atoms with Crippen molar-refractivity contribution in [1.82, 2.24) is 4.31 Å². The average Bonchev–Trinajstić information content (AvgIpc) is 2.32. The van der Waals surface area contributed by atoms with Crippen LogP contribution < -0.4 is 5.73 Å². The number of benzene rings is 1. The molecule has 1 atom stereocenters. The predicted molar refractivity (Wildman–Crippen MR) is 75.1 cm³/mol. The molecule has 2 N–H and O–H groups in total. The molecule has 0 bridgehead atoms. The van der Waals surface area contributed by atoms with E-state index in [-0.39, 0.29) is 10.9 Å². The fourth-order valence-electron chi connectivity index (χ4n) is 1.98. The molecule has 7 heteroatoms. The van der Waals surface area contributed by atoms with Crippen molar-refractivity contribution >= 4 is 37.6 Å². The summed E-state index contributed by atoms with van der Waals surface area (Å²) in [5, 5.41) is 0.490. The number of nitrogens with two attached hydrogens (primary N) is 1. The van der Waals surface area contributed by atoms with Crippen LogP contribution >= 0.6 is 27.5 Å². The van der Waals surface area contributed by atoms with Crippen molar-refractivity contribution in [3.05, 3.63) is 27.7 Å². The number of nitrogens with zero attached hydrogens (tertiary/aromatic N) is 1. The third kappa shape index (κ3) is 2.88. The minimum atomic E-state index is -3.47. The average molecular weight is 354 g/mol. The Hall–Kier alpha value is -0.140. The van der Waals surface area contributed by atoms with Gasteiger partial charge in [0.1, 0.15) is 0 Å².